The molecule has 1 aliphatic heterocycles. The average molecular weight is 400 g/mol. The topological polar surface area (TPSA) is 52.7 Å². The number of hydrogen-bond acceptors (Lipinski definition) is 3. The molecule has 0 spiro atoms. The molecule has 1 heterocycles. The summed E-state index contributed by atoms with van der Waals surface area (Å²) in [7, 11) is 3.90. The predicted molar refractivity (Wildman–Crippen MR) is 113 cm³/mol. The summed E-state index contributed by atoms with van der Waals surface area (Å²) < 4.78 is 0. The molecule has 3 rings (SSSR count). The van der Waals surface area contributed by atoms with E-state index in [2.05, 4.69) is 5.32 Å². The van der Waals surface area contributed by atoms with E-state index in [-0.39, 0.29) is 11.8 Å². The van der Waals surface area contributed by atoms with Crippen molar-refractivity contribution in [2.45, 2.75) is 31.8 Å². The van der Waals surface area contributed by atoms with Gasteiger partial charge in [-0.05, 0) is 61.2 Å². The Morgan fingerprint density at radius 2 is 1.93 bits per heavy atom. The summed E-state index contributed by atoms with van der Waals surface area (Å²) in [6.45, 7) is 1.19. The molecule has 0 aliphatic carbocycles. The van der Waals surface area contributed by atoms with Gasteiger partial charge in [0.2, 0.25) is 5.91 Å². The Labute approximate surface area is 171 Å². The van der Waals surface area contributed by atoms with Crippen LogP contribution in [0.5, 0.6) is 0 Å². The fourth-order valence-corrected chi connectivity index (χ4v) is 3.62. The van der Waals surface area contributed by atoms with E-state index in [0.29, 0.717) is 30.1 Å². The third kappa shape index (κ3) is 5.04. The monoisotopic (exact) mass is 399 g/mol. The lowest BCUT2D eigenvalue weighted by molar-refractivity contribution is -0.133. The molecule has 5 nitrogen and oxygen atoms in total. The SMILES string of the molecule is CN(C)c1ccc(C(=O)NC2CCCCN(Cc3cccc(Cl)c3)C2=O)cc1. The second-order valence-electron chi connectivity index (χ2n) is 7.35. The minimum Gasteiger partial charge on any atom is -0.378 e. The van der Waals surface area contributed by atoms with Crippen molar-refractivity contribution in [3.8, 4) is 0 Å². The molecule has 148 valence electrons. The third-order valence-electron chi connectivity index (χ3n) is 4.99. The highest BCUT2D eigenvalue weighted by Gasteiger charge is 2.28. The quantitative estimate of drug-likeness (QED) is 0.833. The zero-order valence-electron chi connectivity index (χ0n) is 16.3. The molecule has 1 saturated heterocycles. The van der Waals surface area contributed by atoms with E-state index in [1.165, 1.54) is 0 Å². The second-order valence-corrected chi connectivity index (χ2v) is 7.79. The number of nitrogens with one attached hydrogen (secondary N) is 1. The normalized spacial score (nSPS) is 17.2. The number of carbonyl (C=O) groups is 2. The zero-order valence-corrected chi connectivity index (χ0v) is 17.1. The van der Waals surface area contributed by atoms with Gasteiger partial charge in [-0.2, -0.15) is 0 Å². The van der Waals surface area contributed by atoms with Crippen LogP contribution >= 0.6 is 11.6 Å². The number of nitrogens with zero attached hydrogens (tertiary/aromatic N) is 2. The number of halogens is 1. The minimum absolute atomic E-state index is 0.0317. The number of likely N-dealkylation sites (tertiary alicyclic amines) is 1. The van der Waals surface area contributed by atoms with Gasteiger partial charge >= 0.3 is 0 Å². The van der Waals surface area contributed by atoms with Gasteiger partial charge < -0.3 is 15.1 Å². The van der Waals surface area contributed by atoms with E-state index in [0.717, 1.165) is 24.1 Å². The van der Waals surface area contributed by atoms with E-state index in [1.54, 1.807) is 12.1 Å². The predicted octanol–water partition coefficient (Wildman–Crippen LogP) is 3.72. The van der Waals surface area contributed by atoms with Crippen molar-refractivity contribution >= 4 is 29.1 Å². The van der Waals surface area contributed by atoms with Gasteiger partial charge in [0.1, 0.15) is 6.04 Å². The molecule has 2 aromatic carbocycles. The fraction of sp³-hybridized carbons (Fsp3) is 0.364. The van der Waals surface area contributed by atoms with Crippen LogP contribution in [0.15, 0.2) is 48.5 Å². The Morgan fingerprint density at radius 3 is 2.61 bits per heavy atom. The number of hydrogen-bond donors (Lipinski definition) is 1. The Hall–Kier alpha value is -2.53. The maximum Gasteiger partial charge on any atom is 0.251 e. The molecular formula is C22H26ClN3O2. The maximum atomic E-state index is 13.0. The van der Waals surface area contributed by atoms with E-state index in [1.807, 2.05) is 60.3 Å². The lowest BCUT2D eigenvalue weighted by Crippen LogP contribution is -2.47. The Morgan fingerprint density at radius 1 is 1.18 bits per heavy atom. The number of amides is 2. The number of benzene rings is 2. The molecule has 0 bridgehead atoms. The van der Waals surface area contributed by atoms with Crippen LogP contribution in [-0.4, -0.2) is 43.4 Å². The number of rotatable bonds is 5. The Bertz CT molecular complexity index is 836. The molecule has 0 radical (unpaired) electrons. The molecule has 1 fully saturated rings. The highest BCUT2D eigenvalue weighted by atomic mass is 35.5. The summed E-state index contributed by atoms with van der Waals surface area (Å²) in [6, 6.07) is 14.4. The molecule has 2 amide bonds. The molecule has 28 heavy (non-hydrogen) atoms. The second kappa shape index (κ2) is 9.11. The van der Waals surface area contributed by atoms with Gasteiger partial charge in [-0.1, -0.05) is 23.7 Å². The van der Waals surface area contributed by atoms with Gasteiger partial charge in [0.05, 0.1) is 0 Å². The first-order valence-electron chi connectivity index (χ1n) is 9.55. The van der Waals surface area contributed by atoms with Crippen LogP contribution in [0.25, 0.3) is 0 Å². The van der Waals surface area contributed by atoms with Crippen molar-refractivity contribution in [3.63, 3.8) is 0 Å². The smallest absolute Gasteiger partial charge is 0.251 e. The van der Waals surface area contributed by atoms with Gasteiger partial charge in [-0.3, -0.25) is 9.59 Å². The van der Waals surface area contributed by atoms with Gasteiger partial charge in [0.15, 0.2) is 0 Å². The van der Waals surface area contributed by atoms with E-state index < -0.39 is 6.04 Å². The van der Waals surface area contributed by atoms with Crippen LogP contribution in [0, 0.1) is 0 Å². The molecule has 1 aliphatic rings. The summed E-state index contributed by atoms with van der Waals surface area (Å²) in [5.74, 6) is -0.246. The van der Waals surface area contributed by atoms with Gasteiger partial charge in [0, 0.05) is 43.5 Å². The summed E-state index contributed by atoms with van der Waals surface area (Å²) in [4.78, 5) is 29.5. The largest absolute Gasteiger partial charge is 0.378 e. The molecule has 1 unspecified atom stereocenters. The third-order valence-corrected chi connectivity index (χ3v) is 5.23. The van der Waals surface area contributed by atoms with Crippen LogP contribution in [0.4, 0.5) is 5.69 Å². The summed E-state index contributed by atoms with van der Waals surface area (Å²) in [5, 5.41) is 3.59. The summed E-state index contributed by atoms with van der Waals surface area (Å²) in [5.41, 5.74) is 2.57. The van der Waals surface area contributed by atoms with Gasteiger partial charge in [-0.15, -0.1) is 0 Å². The van der Waals surface area contributed by atoms with Crippen LogP contribution in [-0.2, 0) is 11.3 Å². The Balaban J connectivity index is 1.68. The van der Waals surface area contributed by atoms with Crippen LogP contribution in [0.1, 0.15) is 35.2 Å². The molecular weight excluding hydrogens is 374 g/mol. The van der Waals surface area contributed by atoms with Crippen molar-refractivity contribution < 1.29 is 9.59 Å². The van der Waals surface area contributed by atoms with Crippen LogP contribution in [0.3, 0.4) is 0 Å². The highest BCUT2D eigenvalue weighted by Crippen LogP contribution is 2.18. The first kappa shape index (κ1) is 20.2. The first-order valence-corrected chi connectivity index (χ1v) is 9.93. The van der Waals surface area contributed by atoms with Gasteiger partial charge in [0.25, 0.3) is 5.91 Å². The van der Waals surface area contributed by atoms with Crippen molar-refractivity contribution in [2.75, 3.05) is 25.5 Å². The van der Waals surface area contributed by atoms with E-state index in [9.17, 15) is 9.59 Å². The molecule has 1 N–H and O–H groups in total. The fourth-order valence-electron chi connectivity index (χ4n) is 3.40. The van der Waals surface area contributed by atoms with Crippen molar-refractivity contribution in [1.29, 1.82) is 0 Å². The molecule has 0 saturated carbocycles. The van der Waals surface area contributed by atoms with Crippen molar-refractivity contribution in [1.82, 2.24) is 10.2 Å². The molecule has 6 heteroatoms. The summed E-state index contributed by atoms with van der Waals surface area (Å²) >= 11 is 6.06. The first-order chi connectivity index (χ1) is 13.4. The number of carbonyl (C=O) groups excluding carboxylic acids is 2. The number of anilines is 1. The van der Waals surface area contributed by atoms with E-state index >= 15 is 0 Å². The maximum absolute atomic E-state index is 13.0. The van der Waals surface area contributed by atoms with Crippen molar-refractivity contribution in [2.24, 2.45) is 0 Å². The van der Waals surface area contributed by atoms with Gasteiger partial charge in [-0.25, -0.2) is 0 Å². The molecule has 2 aromatic rings. The van der Waals surface area contributed by atoms with Crippen molar-refractivity contribution in [3.05, 3.63) is 64.7 Å². The summed E-state index contributed by atoms with van der Waals surface area (Å²) in [6.07, 6.45) is 2.49. The minimum atomic E-state index is -0.497. The van der Waals surface area contributed by atoms with Crippen LogP contribution < -0.4 is 10.2 Å². The Kier molecular flexibility index (Phi) is 6.57. The van der Waals surface area contributed by atoms with E-state index in [4.69, 9.17) is 11.6 Å². The standard InChI is InChI=1S/C22H26ClN3O2/c1-25(2)19-11-9-17(10-12-19)21(27)24-20-8-3-4-13-26(22(20)28)15-16-6-5-7-18(23)14-16/h5-7,9-12,14,20H,3-4,8,13,15H2,1-2H3,(H,24,27). The average Bonchev–Trinajstić information content (AvgIpc) is 2.84. The lowest BCUT2D eigenvalue weighted by Gasteiger charge is -2.25. The van der Waals surface area contributed by atoms with Crippen LogP contribution in [0.2, 0.25) is 5.02 Å². The highest BCUT2D eigenvalue weighted by molar-refractivity contribution is 6.30. The zero-order chi connectivity index (χ0) is 20.1. The molecule has 1 atom stereocenters. The lowest BCUT2D eigenvalue weighted by atomic mass is 10.1. The molecule has 0 aromatic heterocycles.